The van der Waals surface area contributed by atoms with E-state index in [1.165, 1.54) is 0 Å². The summed E-state index contributed by atoms with van der Waals surface area (Å²) in [5.74, 6) is 0.633. The highest BCUT2D eigenvalue weighted by Crippen LogP contribution is 2.15. The van der Waals surface area contributed by atoms with Gasteiger partial charge in [0.15, 0.2) is 0 Å². The maximum absolute atomic E-state index is 10.9. The molecule has 0 aromatic heterocycles. The van der Waals surface area contributed by atoms with E-state index < -0.39 is 10.2 Å². The molecule has 0 aliphatic rings. The predicted molar refractivity (Wildman–Crippen MR) is 71.1 cm³/mol. The molecule has 5 nitrogen and oxygen atoms in total. The first-order valence-corrected chi connectivity index (χ1v) is 7.06. The van der Waals surface area contributed by atoms with E-state index in [1.54, 1.807) is 18.2 Å². The summed E-state index contributed by atoms with van der Waals surface area (Å²) in [6, 6.07) is 7.02. The minimum absolute atomic E-state index is 0.460. The summed E-state index contributed by atoms with van der Waals surface area (Å²) in [7, 11) is -3.71. The van der Waals surface area contributed by atoms with Crippen molar-refractivity contribution >= 4 is 21.6 Å². The zero-order valence-corrected chi connectivity index (χ0v) is 10.9. The van der Waals surface area contributed by atoms with E-state index >= 15 is 0 Å². The van der Waals surface area contributed by atoms with Crippen molar-refractivity contribution in [2.45, 2.75) is 20.3 Å². The quantitative estimate of drug-likeness (QED) is 0.726. The molecule has 4 N–H and O–H groups in total. The van der Waals surface area contributed by atoms with E-state index in [-0.39, 0.29) is 0 Å². The number of hydrogen-bond acceptors (Lipinski definition) is 3. The topological polar surface area (TPSA) is 84.2 Å². The second-order valence-corrected chi connectivity index (χ2v) is 5.63. The van der Waals surface area contributed by atoms with Gasteiger partial charge in [0.2, 0.25) is 0 Å². The highest BCUT2D eigenvalue weighted by molar-refractivity contribution is 7.90. The molecule has 0 aliphatic carbocycles. The molecule has 0 amide bonds. The van der Waals surface area contributed by atoms with Gasteiger partial charge in [0.05, 0.1) is 5.69 Å². The third kappa shape index (κ3) is 6.13. The van der Waals surface area contributed by atoms with Crippen LogP contribution in [0.4, 0.5) is 11.4 Å². The van der Waals surface area contributed by atoms with Crippen molar-refractivity contribution < 1.29 is 8.42 Å². The predicted octanol–water partition coefficient (Wildman–Crippen LogP) is 1.76. The molecular weight excluding hydrogens is 238 g/mol. The summed E-state index contributed by atoms with van der Waals surface area (Å²) in [6.45, 7) is 5.16. The Morgan fingerprint density at radius 3 is 2.53 bits per heavy atom. The molecule has 0 spiro atoms. The maximum Gasteiger partial charge on any atom is 0.296 e. The third-order valence-electron chi connectivity index (χ3n) is 2.17. The number of rotatable bonds is 6. The van der Waals surface area contributed by atoms with E-state index in [0.29, 0.717) is 11.6 Å². The van der Waals surface area contributed by atoms with Gasteiger partial charge in [-0.25, -0.2) is 5.14 Å². The molecule has 0 heterocycles. The Bertz CT molecular complexity index is 458. The molecule has 0 saturated heterocycles. The van der Waals surface area contributed by atoms with Crippen LogP contribution >= 0.6 is 0 Å². The van der Waals surface area contributed by atoms with E-state index in [1.807, 2.05) is 6.07 Å². The largest absolute Gasteiger partial charge is 0.385 e. The highest BCUT2D eigenvalue weighted by atomic mass is 32.2. The van der Waals surface area contributed by atoms with Crippen LogP contribution in [0, 0.1) is 5.92 Å². The Morgan fingerprint density at radius 1 is 1.29 bits per heavy atom. The van der Waals surface area contributed by atoms with Crippen molar-refractivity contribution in [1.82, 2.24) is 0 Å². The van der Waals surface area contributed by atoms with Crippen molar-refractivity contribution in [1.29, 1.82) is 0 Å². The first-order valence-electron chi connectivity index (χ1n) is 5.51. The van der Waals surface area contributed by atoms with Gasteiger partial charge in [0.1, 0.15) is 0 Å². The molecule has 0 atom stereocenters. The van der Waals surface area contributed by atoms with Crippen LogP contribution in [0.2, 0.25) is 0 Å². The number of nitrogens with one attached hydrogen (secondary N) is 2. The van der Waals surface area contributed by atoms with Crippen LogP contribution in [-0.4, -0.2) is 15.0 Å². The molecule has 0 saturated carbocycles. The fourth-order valence-corrected chi connectivity index (χ4v) is 1.82. The van der Waals surface area contributed by atoms with Gasteiger partial charge in [0.25, 0.3) is 10.2 Å². The molecule has 1 rings (SSSR count). The molecule has 0 unspecified atom stereocenters. The minimum Gasteiger partial charge on any atom is -0.385 e. The Morgan fingerprint density at radius 2 is 1.94 bits per heavy atom. The van der Waals surface area contributed by atoms with Crippen LogP contribution in [0.25, 0.3) is 0 Å². The molecule has 96 valence electrons. The van der Waals surface area contributed by atoms with E-state index in [0.717, 1.165) is 18.7 Å². The second kappa shape index (κ2) is 5.88. The van der Waals surface area contributed by atoms with Gasteiger partial charge in [0, 0.05) is 12.2 Å². The molecule has 1 aromatic carbocycles. The lowest BCUT2D eigenvalue weighted by Gasteiger charge is -2.10. The molecule has 0 bridgehead atoms. The van der Waals surface area contributed by atoms with Crippen molar-refractivity contribution in [2.24, 2.45) is 11.1 Å². The van der Waals surface area contributed by atoms with Crippen LogP contribution in [0.3, 0.4) is 0 Å². The van der Waals surface area contributed by atoms with Crippen molar-refractivity contribution in [2.75, 3.05) is 16.6 Å². The standard InChI is InChI=1S/C11H19N3O2S/c1-9(2)6-7-13-10-4-3-5-11(8-10)14-17(12,15)16/h3-5,8-9,13-14H,6-7H2,1-2H3,(H2,12,15,16). The van der Waals surface area contributed by atoms with Crippen LogP contribution in [-0.2, 0) is 10.2 Å². The second-order valence-electron chi connectivity index (χ2n) is 4.34. The third-order valence-corrected chi connectivity index (χ3v) is 2.69. The first-order chi connectivity index (χ1) is 7.87. The lowest BCUT2D eigenvalue weighted by Crippen LogP contribution is -2.21. The average molecular weight is 257 g/mol. The maximum atomic E-state index is 10.9. The van der Waals surface area contributed by atoms with Gasteiger partial charge in [-0.2, -0.15) is 8.42 Å². The van der Waals surface area contributed by atoms with Crippen molar-refractivity contribution in [3.63, 3.8) is 0 Å². The van der Waals surface area contributed by atoms with Crippen LogP contribution in [0.15, 0.2) is 24.3 Å². The summed E-state index contributed by atoms with van der Waals surface area (Å²) in [5, 5.41) is 8.12. The summed E-state index contributed by atoms with van der Waals surface area (Å²) < 4.78 is 24.0. The summed E-state index contributed by atoms with van der Waals surface area (Å²) in [5.41, 5.74) is 1.33. The van der Waals surface area contributed by atoms with Gasteiger partial charge in [-0.3, -0.25) is 4.72 Å². The lowest BCUT2D eigenvalue weighted by atomic mass is 10.1. The Kier molecular flexibility index (Phi) is 4.77. The first kappa shape index (κ1) is 13.8. The van der Waals surface area contributed by atoms with Crippen molar-refractivity contribution in [3.8, 4) is 0 Å². The van der Waals surface area contributed by atoms with Crippen molar-refractivity contribution in [3.05, 3.63) is 24.3 Å². The minimum atomic E-state index is -3.71. The molecule has 0 radical (unpaired) electrons. The van der Waals surface area contributed by atoms with Crippen LogP contribution in [0.1, 0.15) is 20.3 Å². The van der Waals surface area contributed by atoms with Gasteiger partial charge in [-0.1, -0.05) is 19.9 Å². The molecule has 1 aromatic rings. The van der Waals surface area contributed by atoms with Crippen LogP contribution in [0.5, 0.6) is 0 Å². The number of anilines is 2. The van der Waals surface area contributed by atoms with Gasteiger partial charge in [-0.05, 0) is 30.5 Å². The Balaban J connectivity index is 2.60. The van der Waals surface area contributed by atoms with Gasteiger partial charge >= 0.3 is 0 Å². The van der Waals surface area contributed by atoms with E-state index in [2.05, 4.69) is 23.9 Å². The van der Waals surface area contributed by atoms with E-state index in [9.17, 15) is 8.42 Å². The molecule has 0 aliphatic heterocycles. The number of hydrogen-bond donors (Lipinski definition) is 3. The number of benzene rings is 1. The highest BCUT2D eigenvalue weighted by Gasteiger charge is 2.02. The van der Waals surface area contributed by atoms with Crippen LogP contribution < -0.4 is 15.2 Å². The summed E-state index contributed by atoms with van der Waals surface area (Å²) >= 11 is 0. The smallest absolute Gasteiger partial charge is 0.296 e. The number of nitrogens with two attached hydrogens (primary N) is 1. The molecule has 17 heavy (non-hydrogen) atoms. The molecular formula is C11H19N3O2S. The monoisotopic (exact) mass is 257 g/mol. The Labute approximate surface area is 103 Å². The Hall–Kier alpha value is -1.27. The normalized spacial score (nSPS) is 11.5. The molecule has 0 fully saturated rings. The van der Waals surface area contributed by atoms with Gasteiger partial charge < -0.3 is 5.32 Å². The molecule has 6 heteroatoms. The lowest BCUT2D eigenvalue weighted by molar-refractivity contribution is 0.603. The summed E-state index contributed by atoms with van der Waals surface area (Å²) in [4.78, 5) is 0. The van der Waals surface area contributed by atoms with Gasteiger partial charge in [-0.15, -0.1) is 0 Å². The SMILES string of the molecule is CC(C)CCNc1cccc(NS(N)(=O)=O)c1. The fourth-order valence-electron chi connectivity index (χ4n) is 1.36. The van der Waals surface area contributed by atoms with E-state index in [4.69, 9.17) is 5.14 Å². The average Bonchev–Trinajstić information content (AvgIpc) is 2.14. The zero-order chi connectivity index (χ0) is 12.9. The summed E-state index contributed by atoms with van der Waals surface area (Å²) in [6.07, 6.45) is 1.06. The fraction of sp³-hybridized carbons (Fsp3) is 0.455. The zero-order valence-electron chi connectivity index (χ0n) is 10.1.